The Hall–Kier alpha value is -1.47. The third-order valence-corrected chi connectivity index (χ3v) is 13.1. The molecule has 198 valence electrons. The van der Waals surface area contributed by atoms with Gasteiger partial charge < -0.3 is 4.74 Å². The molecule has 0 amide bonds. The zero-order valence-electron chi connectivity index (χ0n) is 23.9. The summed E-state index contributed by atoms with van der Waals surface area (Å²) < 4.78 is 5.85. The Morgan fingerprint density at radius 1 is 0.944 bits per heavy atom. The van der Waals surface area contributed by atoms with Gasteiger partial charge in [0.25, 0.3) is 0 Å². The lowest BCUT2D eigenvalue weighted by Gasteiger charge is -2.72. The molecule has 0 aromatic carbocycles. The maximum absolute atomic E-state index is 14.4. The third-order valence-electron chi connectivity index (χ3n) is 13.1. The van der Waals surface area contributed by atoms with Crippen LogP contribution in [0.1, 0.15) is 99.8 Å². The molecular weight excluding hydrogens is 446 g/mol. The summed E-state index contributed by atoms with van der Waals surface area (Å²) >= 11 is 0. The van der Waals surface area contributed by atoms with Crippen LogP contribution in [-0.4, -0.2) is 25.3 Å². The number of hydrogen-bond donors (Lipinski definition) is 0. The molecule has 0 spiro atoms. The van der Waals surface area contributed by atoms with Gasteiger partial charge in [-0.25, -0.2) is 0 Å². The van der Waals surface area contributed by atoms with E-state index in [2.05, 4.69) is 40.7 Å². The van der Waals surface area contributed by atoms with Gasteiger partial charge in [-0.05, 0) is 89.8 Å². The average Bonchev–Trinajstić information content (AvgIpc) is 2.79. The molecule has 8 unspecified atom stereocenters. The molecule has 0 N–H and O–H groups in total. The van der Waals surface area contributed by atoms with Gasteiger partial charge in [0.15, 0.2) is 5.78 Å². The number of carbonyl (C=O) groups is 2. The lowest BCUT2D eigenvalue weighted by atomic mass is 9.31. The number of fused-ring (bicyclic) bond motifs is 7. The Balaban J connectivity index is 1.63. The first-order chi connectivity index (χ1) is 16.6. The number of ketones is 2. The highest BCUT2D eigenvalue weighted by Gasteiger charge is 2.72. The summed E-state index contributed by atoms with van der Waals surface area (Å²) in [5, 5.41) is 9.89. The molecule has 8 atom stereocenters. The van der Waals surface area contributed by atoms with Crippen LogP contribution < -0.4 is 0 Å². The number of hydrogen-bond acceptors (Lipinski definition) is 4. The molecule has 4 heteroatoms. The first-order valence-corrected chi connectivity index (χ1v) is 14.3. The molecule has 0 heterocycles. The van der Waals surface area contributed by atoms with Crippen LogP contribution in [0.5, 0.6) is 0 Å². The highest BCUT2D eigenvalue weighted by atomic mass is 16.5. The van der Waals surface area contributed by atoms with E-state index in [1.54, 1.807) is 0 Å². The van der Waals surface area contributed by atoms with Crippen molar-refractivity contribution in [2.75, 3.05) is 13.7 Å². The molecule has 36 heavy (non-hydrogen) atoms. The lowest BCUT2D eigenvalue weighted by molar-refractivity contribution is -0.227. The number of nitriles is 1. The topological polar surface area (TPSA) is 67.2 Å². The van der Waals surface area contributed by atoms with Gasteiger partial charge in [0.05, 0.1) is 12.2 Å². The van der Waals surface area contributed by atoms with Crippen LogP contribution in [0.4, 0.5) is 0 Å². The third kappa shape index (κ3) is 3.14. The standard InChI is InChI=1S/C32H47NO3/c1-27(2)11-13-32(19-36-8)14-12-31(7)25(21(32)17-27)22(34)15-24-29(5)16-20(18-33)26(35)28(3,4)23(29)9-10-30(24,31)6/h16,21,23-25H,9-15,17,19H2,1-8H3. The van der Waals surface area contributed by atoms with Gasteiger partial charge >= 0.3 is 0 Å². The maximum atomic E-state index is 14.4. The van der Waals surface area contributed by atoms with E-state index in [1.165, 1.54) is 6.42 Å². The van der Waals surface area contributed by atoms with Crippen LogP contribution in [0.25, 0.3) is 0 Å². The Bertz CT molecular complexity index is 1060. The van der Waals surface area contributed by atoms with E-state index < -0.39 is 5.41 Å². The molecule has 0 aromatic heterocycles. The zero-order valence-corrected chi connectivity index (χ0v) is 23.9. The quantitative estimate of drug-likeness (QED) is 0.418. The Labute approximate surface area is 218 Å². The van der Waals surface area contributed by atoms with Gasteiger partial charge in [0, 0.05) is 24.9 Å². The van der Waals surface area contributed by atoms with Crippen molar-refractivity contribution in [3.8, 4) is 6.07 Å². The van der Waals surface area contributed by atoms with Gasteiger partial charge in [-0.2, -0.15) is 5.26 Å². The normalized spacial score (nSPS) is 49.0. The summed E-state index contributed by atoms with van der Waals surface area (Å²) in [6.07, 6.45) is 10.3. The SMILES string of the molecule is COCC12CCC(C)(C)CC1C1C(=O)CC3C4(C)C=C(C#N)C(=O)C(C)(C)C4CCC3(C)C1(C)CC2. The molecule has 0 radical (unpaired) electrons. The summed E-state index contributed by atoms with van der Waals surface area (Å²) in [6.45, 7) is 16.8. The van der Waals surface area contributed by atoms with Gasteiger partial charge in [0.1, 0.15) is 11.9 Å². The second-order valence-corrected chi connectivity index (χ2v) is 15.5. The second kappa shape index (κ2) is 7.78. The lowest BCUT2D eigenvalue weighted by Crippen LogP contribution is -2.69. The first-order valence-electron chi connectivity index (χ1n) is 14.3. The summed E-state index contributed by atoms with van der Waals surface area (Å²) in [7, 11) is 1.83. The largest absolute Gasteiger partial charge is 0.384 e. The molecular formula is C32H47NO3. The van der Waals surface area contributed by atoms with Crippen LogP contribution in [0.15, 0.2) is 11.6 Å². The van der Waals surface area contributed by atoms with Crippen LogP contribution in [0, 0.1) is 67.5 Å². The summed E-state index contributed by atoms with van der Waals surface area (Å²) in [4.78, 5) is 27.7. The van der Waals surface area contributed by atoms with Gasteiger partial charge in [-0.15, -0.1) is 0 Å². The average molecular weight is 494 g/mol. The van der Waals surface area contributed by atoms with Gasteiger partial charge in [-0.3, -0.25) is 9.59 Å². The van der Waals surface area contributed by atoms with E-state index in [1.807, 2.05) is 27.0 Å². The molecule has 4 nitrogen and oxygen atoms in total. The molecule has 0 aliphatic heterocycles. The van der Waals surface area contributed by atoms with Crippen molar-refractivity contribution in [3.63, 3.8) is 0 Å². The van der Waals surface area contributed by atoms with Crippen molar-refractivity contribution >= 4 is 11.6 Å². The van der Waals surface area contributed by atoms with Crippen molar-refractivity contribution < 1.29 is 14.3 Å². The Morgan fingerprint density at radius 3 is 2.25 bits per heavy atom. The summed E-state index contributed by atoms with van der Waals surface area (Å²) in [6, 6.07) is 2.23. The fourth-order valence-electron chi connectivity index (χ4n) is 11.0. The van der Waals surface area contributed by atoms with E-state index in [0.717, 1.165) is 45.1 Å². The van der Waals surface area contributed by atoms with E-state index in [0.29, 0.717) is 23.7 Å². The molecule has 0 bridgehead atoms. The fourth-order valence-corrected chi connectivity index (χ4v) is 11.0. The smallest absolute Gasteiger partial charge is 0.178 e. The molecule has 0 aromatic rings. The molecule has 5 rings (SSSR count). The second-order valence-electron chi connectivity index (χ2n) is 15.5. The molecule has 4 fully saturated rings. The van der Waals surface area contributed by atoms with Crippen LogP contribution in [-0.2, 0) is 14.3 Å². The molecule has 5 aliphatic carbocycles. The van der Waals surface area contributed by atoms with E-state index in [9.17, 15) is 14.9 Å². The molecule has 4 saturated carbocycles. The summed E-state index contributed by atoms with van der Waals surface area (Å²) in [5.41, 5.74) is -0.328. The van der Waals surface area contributed by atoms with Crippen LogP contribution >= 0.6 is 0 Å². The van der Waals surface area contributed by atoms with Crippen molar-refractivity contribution in [2.45, 2.75) is 99.8 Å². The fraction of sp³-hybridized carbons (Fsp3) is 0.844. The Morgan fingerprint density at radius 2 is 1.61 bits per heavy atom. The highest BCUT2D eigenvalue weighted by molar-refractivity contribution is 6.04. The van der Waals surface area contributed by atoms with E-state index in [4.69, 9.17) is 4.74 Å². The predicted molar refractivity (Wildman–Crippen MR) is 141 cm³/mol. The van der Waals surface area contributed by atoms with Crippen molar-refractivity contribution in [1.29, 1.82) is 5.26 Å². The van der Waals surface area contributed by atoms with Crippen molar-refractivity contribution in [3.05, 3.63) is 11.6 Å². The number of Topliss-reactive ketones (excluding diaryl/α,β-unsaturated/α-hetero) is 2. The van der Waals surface area contributed by atoms with Crippen LogP contribution in [0.3, 0.4) is 0 Å². The number of nitrogens with zero attached hydrogens (tertiary/aromatic N) is 1. The van der Waals surface area contributed by atoms with E-state index >= 15 is 0 Å². The minimum atomic E-state index is -0.579. The minimum Gasteiger partial charge on any atom is -0.384 e. The first kappa shape index (κ1) is 26.1. The Kier molecular flexibility index (Phi) is 5.65. The molecule has 5 aliphatic rings. The zero-order chi connectivity index (χ0) is 26.5. The minimum absolute atomic E-state index is 0.00875. The number of ether oxygens (including phenoxy) is 1. The number of carbonyl (C=O) groups excluding carboxylic acids is 2. The highest BCUT2D eigenvalue weighted by Crippen LogP contribution is 2.75. The van der Waals surface area contributed by atoms with Crippen LogP contribution in [0.2, 0.25) is 0 Å². The predicted octanol–water partition coefficient (Wildman–Crippen LogP) is 6.93. The number of methoxy groups -OCH3 is 1. The monoisotopic (exact) mass is 493 g/mol. The molecule has 0 saturated heterocycles. The number of allylic oxidation sites excluding steroid dienone is 2. The van der Waals surface area contributed by atoms with Gasteiger partial charge in [-0.1, -0.05) is 54.5 Å². The maximum Gasteiger partial charge on any atom is 0.178 e. The number of rotatable bonds is 2. The van der Waals surface area contributed by atoms with Crippen molar-refractivity contribution in [1.82, 2.24) is 0 Å². The van der Waals surface area contributed by atoms with Gasteiger partial charge in [0.2, 0.25) is 0 Å². The summed E-state index contributed by atoms with van der Waals surface area (Å²) in [5.74, 6) is 1.16. The van der Waals surface area contributed by atoms with E-state index in [-0.39, 0.29) is 50.6 Å². The van der Waals surface area contributed by atoms with Crippen molar-refractivity contribution in [2.24, 2.45) is 56.2 Å².